The molecule has 24 heavy (non-hydrogen) atoms. The number of carbonyl (C=O) groups is 6. The van der Waals surface area contributed by atoms with Crippen LogP contribution in [0.1, 0.15) is 39.5 Å². The van der Waals surface area contributed by atoms with Crippen LogP contribution in [0.4, 0.5) is 9.59 Å². The number of urea groups is 2. The molecule has 0 aromatic rings. The van der Waals surface area contributed by atoms with Crippen molar-refractivity contribution in [3.63, 3.8) is 0 Å². The van der Waals surface area contributed by atoms with E-state index >= 15 is 0 Å². The molecule has 2 saturated heterocycles. The van der Waals surface area contributed by atoms with Crippen molar-refractivity contribution in [2.45, 2.75) is 39.5 Å². The van der Waals surface area contributed by atoms with Crippen LogP contribution >= 0.6 is 0 Å². The van der Waals surface area contributed by atoms with Crippen molar-refractivity contribution in [3.8, 4) is 0 Å². The van der Waals surface area contributed by atoms with Crippen molar-refractivity contribution >= 4 is 35.7 Å². The first-order valence-corrected chi connectivity index (χ1v) is 7.61. The lowest BCUT2D eigenvalue weighted by molar-refractivity contribution is -0.137. The fourth-order valence-corrected chi connectivity index (χ4v) is 2.14. The van der Waals surface area contributed by atoms with Gasteiger partial charge in [-0.25, -0.2) is 9.59 Å². The topological polar surface area (TPSA) is 151 Å². The second kappa shape index (κ2) is 8.75. The van der Waals surface area contributed by atoms with Crippen LogP contribution in [-0.2, 0) is 19.2 Å². The van der Waals surface area contributed by atoms with Gasteiger partial charge >= 0.3 is 12.1 Å². The average molecular weight is 340 g/mol. The second-order valence-electron chi connectivity index (χ2n) is 5.27. The first-order valence-electron chi connectivity index (χ1n) is 7.61. The van der Waals surface area contributed by atoms with Gasteiger partial charge in [0.25, 0.3) is 0 Å². The van der Waals surface area contributed by atoms with Gasteiger partial charge in [0.05, 0.1) is 0 Å². The average Bonchev–Trinajstić information content (AvgIpc) is 2.46. The van der Waals surface area contributed by atoms with Crippen molar-refractivity contribution in [1.29, 1.82) is 0 Å². The molecule has 2 fully saturated rings. The summed E-state index contributed by atoms with van der Waals surface area (Å²) in [5.74, 6) is -3.41. The van der Waals surface area contributed by atoms with Crippen LogP contribution in [0.5, 0.6) is 0 Å². The highest BCUT2D eigenvalue weighted by molar-refractivity contribution is 6.16. The molecule has 10 heteroatoms. The van der Waals surface area contributed by atoms with Crippen LogP contribution < -0.4 is 21.3 Å². The third-order valence-corrected chi connectivity index (χ3v) is 3.47. The van der Waals surface area contributed by atoms with E-state index in [9.17, 15) is 28.8 Å². The molecule has 2 rings (SSSR count). The lowest BCUT2D eigenvalue weighted by atomic mass is 9.99. The Morgan fingerprint density at radius 1 is 0.667 bits per heavy atom. The van der Waals surface area contributed by atoms with Crippen molar-refractivity contribution < 1.29 is 28.8 Å². The van der Waals surface area contributed by atoms with Crippen molar-refractivity contribution in [2.75, 3.05) is 0 Å². The molecule has 2 heterocycles. The standard InChI is InChI=1S/C8H12N2O3.C6H8N2O3/c1-2-3-4-5-6(11)9-8(13)10-7(5)12;1-2-3-4(9)7-6(11)8-5(3)10/h5H,2-4H2,1H3,(H2,9,10,11,12,13);3H,2H2,1H3,(H2,7,8,9,10,11). The number of carbonyl (C=O) groups excluding carboxylic acids is 6. The van der Waals surface area contributed by atoms with Crippen molar-refractivity contribution in [2.24, 2.45) is 11.8 Å². The number of hydrogen-bond donors (Lipinski definition) is 4. The molecule has 0 spiro atoms. The number of nitrogens with one attached hydrogen (secondary N) is 4. The number of barbiturate groups is 2. The van der Waals surface area contributed by atoms with E-state index in [1.165, 1.54) is 0 Å². The third kappa shape index (κ3) is 5.14. The van der Waals surface area contributed by atoms with Crippen LogP contribution in [0.15, 0.2) is 0 Å². The van der Waals surface area contributed by atoms with Crippen LogP contribution in [0.25, 0.3) is 0 Å². The van der Waals surface area contributed by atoms with Gasteiger partial charge in [0.1, 0.15) is 11.8 Å². The molecule has 0 saturated carbocycles. The van der Waals surface area contributed by atoms with E-state index in [0.717, 1.165) is 12.8 Å². The summed E-state index contributed by atoms with van der Waals surface area (Å²) in [5.41, 5.74) is 0. The minimum atomic E-state index is -0.732. The number of imide groups is 4. The maximum atomic E-state index is 11.1. The molecule has 10 nitrogen and oxygen atoms in total. The van der Waals surface area contributed by atoms with Crippen molar-refractivity contribution in [3.05, 3.63) is 0 Å². The van der Waals surface area contributed by atoms with E-state index in [4.69, 9.17) is 0 Å². The van der Waals surface area contributed by atoms with Gasteiger partial charge in [-0.05, 0) is 12.8 Å². The molecule has 0 unspecified atom stereocenters. The van der Waals surface area contributed by atoms with E-state index in [1.807, 2.05) is 17.6 Å². The maximum absolute atomic E-state index is 11.1. The number of rotatable bonds is 4. The van der Waals surface area contributed by atoms with Gasteiger partial charge in [0.2, 0.25) is 23.6 Å². The predicted molar refractivity (Wildman–Crippen MR) is 80.2 cm³/mol. The molecule has 0 aliphatic carbocycles. The number of unbranched alkanes of at least 4 members (excludes halogenated alkanes) is 1. The normalized spacial score (nSPS) is 18.9. The molecule has 4 N–H and O–H groups in total. The molecular weight excluding hydrogens is 320 g/mol. The highest BCUT2D eigenvalue weighted by atomic mass is 16.2. The van der Waals surface area contributed by atoms with Gasteiger partial charge in [0.15, 0.2) is 0 Å². The minimum absolute atomic E-state index is 0.408. The maximum Gasteiger partial charge on any atom is 0.328 e. The lowest BCUT2D eigenvalue weighted by Gasteiger charge is -2.19. The molecule has 132 valence electrons. The van der Waals surface area contributed by atoms with E-state index < -0.39 is 47.5 Å². The van der Waals surface area contributed by atoms with Gasteiger partial charge in [-0.1, -0.05) is 26.7 Å². The van der Waals surface area contributed by atoms with Crippen LogP contribution in [-0.4, -0.2) is 35.7 Å². The Hall–Kier alpha value is -2.78. The molecule has 0 atom stereocenters. The summed E-state index contributed by atoms with van der Waals surface area (Å²) in [5, 5.41) is 8.12. The van der Waals surface area contributed by atoms with Gasteiger partial charge < -0.3 is 0 Å². The molecule has 2 aliphatic rings. The molecule has 8 amide bonds. The Morgan fingerprint density at radius 2 is 1.04 bits per heavy atom. The highest BCUT2D eigenvalue weighted by Gasteiger charge is 2.33. The van der Waals surface area contributed by atoms with Crippen LogP contribution in [0, 0.1) is 11.8 Å². The Bertz CT molecular complexity index is 534. The molecular formula is C14H20N4O6. The summed E-state index contributed by atoms with van der Waals surface area (Å²) in [6.07, 6.45) is 2.64. The van der Waals surface area contributed by atoms with E-state index in [-0.39, 0.29) is 0 Å². The first-order chi connectivity index (χ1) is 11.3. The molecule has 0 radical (unpaired) electrons. The van der Waals surface area contributed by atoms with Gasteiger partial charge in [-0.3, -0.25) is 40.4 Å². The first kappa shape index (κ1) is 19.3. The van der Waals surface area contributed by atoms with E-state index in [2.05, 4.69) is 10.6 Å². The van der Waals surface area contributed by atoms with Gasteiger partial charge in [0, 0.05) is 0 Å². The zero-order chi connectivity index (χ0) is 18.3. The summed E-state index contributed by atoms with van der Waals surface area (Å²) in [7, 11) is 0. The highest BCUT2D eigenvalue weighted by Crippen LogP contribution is 2.11. The van der Waals surface area contributed by atoms with Crippen LogP contribution in [0.3, 0.4) is 0 Å². The zero-order valence-corrected chi connectivity index (χ0v) is 13.4. The Labute approximate surface area is 138 Å². The van der Waals surface area contributed by atoms with Crippen LogP contribution in [0.2, 0.25) is 0 Å². The quantitative estimate of drug-likeness (QED) is 0.508. The molecule has 2 aliphatic heterocycles. The predicted octanol–water partition coefficient (Wildman–Crippen LogP) is -0.463. The van der Waals surface area contributed by atoms with E-state index in [1.54, 1.807) is 6.92 Å². The number of amides is 8. The summed E-state index contributed by atoms with van der Waals surface area (Å²) < 4.78 is 0. The minimum Gasteiger partial charge on any atom is -0.277 e. The fourth-order valence-electron chi connectivity index (χ4n) is 2.14. The Balaban J connectivity index is 0.000000243. The van der Waals surface area contributed by atoms with Gasteiger partial charge in [-0.15, -0.1) is 0 Å². The summed E-state index contributed by atoms with van der Waals surface area (Å²) in [4.78, 5) is 65.1. The third-order valence-electron chi connectivity index (χ3n) is 3.47. The Morgan fingerprint density at radius 3 is 1.38 bits per heavy atom. The van der Waals surface area contributed by atoms with Crippen molar-refractivity contribution in [1.82, 2.24) is 21.3 Å². The lowest BCUT2D eigenvalue weighted by Crippen LogP contribution is -2.55. The SMILES string of the molecule is CCC1C(=O)NC(=O)NC1=O.CCCCC1C(=O)NC(=O)NC1=O. The zero-order valence-electron chi connectivity index (χ0n) is 13.4. The van der Waals surface area contributed by atoms with Gasteiger partial charge in [-0.2, -0.15) is 0 Å². The molecule has 0 aromatic carbocycles. The summed E-state index contributed by atoms with van der Waals surface area (Å²) in [6.45, 7) is 3.68. The smallest absolute Gasteiger partial charge is 0.277 e. The monoisotopic (exact) mass is 340 g/mol. The second-order valence-corrected chi connectivity index (χ2v) is 5.27. The number of hydrogen-bond acceptors (Lipinski definition) is 6. The summed E-state index contributed by atoms with van der Waals surface area (Å²) >= 11 is 0. The molecule has 0 bridgehead atoms. The largest absolute Gasteiger partial charge is 0.328 e. The summed E-state index contributed by atoms with van der Waals surface area (Å²) in [6, 6.07) is -1.45. The fraction of sp³-hybridized carbons (Fsp3) is 0.571. The molecule has 0 aromatic heterocycles. The van der Waals surface area contributed by atoms with E-state index in [0.29, 0.717) is 12.8 Å². The Kier molecular flexibility index (Phi) is 7.02.